The predicted octanol–water partition coefficient (Wildman–Crippen LogP) is 4.21. The first kappa shape index (κ1) is 17.0. The minimum absolute atomic E-state index is 0.471. The summed E-state index contributed by atoms with van der Waals surface area (Å²) < 4.78 is 10.7. The summed E-state index contributed by atoms with van der Waals surface area (Å²) in [5.41, 5.74) is 1.31. The zero-order valence-electron chi connectivity index (χ0n) is 15.1. The molecule has 4 saturated carbocycles. The molecule has 1 aromatic rings. The van der Waals surface area contributed by atoms with Gasteiger partial charge in [0.15, 0.2) is 5.11 Å². The number of benzene rings is 1. The molecule has 0 atom stereocenters. The van der Waals surface area contributed by atoms with Gasteiger partial charge in [0.1, 0.15) is 11.5 Å². The molecule has 4 bridgehead atoms. The molecule has 0 spiro atoms. The first-order chi connectivity index (χ1) is 12.1. The Balaban J connectivity index is 1.38. The molecular formula is C20H28N2O2S. The van der Waals surface area contributed by atoms with Crippen LogP contribution in [0.3, 0.4) is 0 Å². The Morgan fingerprint density at radius 1 is 1.08 bits per heavy atom. The van der Waals surface area contributed by atoms with E-state index in [1.165, 1.54) is 38.5 Å². The molecule has 4 aliphatic carbocycles. The fourth-order valence-corrected chi connectivity index (χ4v) is 6.03. The van der Waals surface area contributed by atoms with Gasteiger partial charge in [0.05, 0.1) is 19.9 Å². The van der Waals surface area contributed by atoms with Crippen molar-refractivity contribution >= 4 is 23.0 Å². The third-order valence-corrected chi connectivity index (χ3v) is 6.69. The number of hydrogen-bond acceptors (Lipinski definition) is 3. The van der Waals surface area contributed by atoms with Gasteiger partial charge < -0.3 is 20.1 Å². The average Bonchev–Trinajstić information content (AvgIpc) is 2.59. The van der Waals surface area contributed by atoms with Gasteiger partial charge in [-0.15, -0.1) is 0 Å². The van der Waals surface area contributed by atoms with Gasteiger partial charge in [-0.25, -0.2) is 0 Å². The van der Waals surface area contributed by atoms with Gasteiger partial charge in [0, 0.05) is 12.6 Å². The Morgan fingerprint density at radius 3 is 2.28 bits per heavy atom. The van der Waals surface area contributed by atoms with Gasteiger partial charge in [-0.05, 0) is 86.0 Å². The van der Waals surface area contributed by atoms with E-state index in [0.717, 1.165) is 41.5 Å². The molecule has 4 nitrogen and oxygen atoms in total. The second-order valence-electron chi connectivity index (χ2n) is 8.29. The number of ether oxygens (including phenoxy) is 2. The highest BCUT2D eigenvalue weighted by Gasteiger charge is 2.50. The van der Waals surface area contributed by atoms with Gasteiger partial charge in [0.25, 0.3) is 0 Å². The van der Waals surface area contributed by atoms with Crippen LogP contribution in [-0.2, 0) is 0 Å². The van der Waals surface area contributed by atoms with Crippen LogP contribution in [0.1, 0.15) is 38.5 Å². The average molecular weight is 361 g/mol. The molecular weight excluding hydrogens is 332 g/mol. The summed E-state index contributed by atoms with van der Waals surface area (Å²) in [6.45, 7) is 0.995. The number of anilines is 1. The second kappa shape index (κ2) is 6.67. The largest absolute Gasteiger partial charge is 0.497 e. The molecule has 136 valence electrons. The van der Waals surface area contributed by atoms with E-state index in [2.05, 4.69) is 10.6 Å². The van der Waals surface area contributed by atoms with Crippen LogP contribution in [0.25, 0.3) is 0 Å². The molecule has 0 aromatic heterocycles. The molecule has 0 saturated heterocycles. The Morgan fingerprint density at radius 2 is 1.72 bits per heavy atom. The maximum absolute atomic E-state index is 5.56. The fourth-order valence-electron chi connectivity index (χ4n) is 5.85. The SMILES string of the molecule is COc1ccc(OC)c(NC(=S)NCC23CC4CC(CC(C4)C2)C3)c1. The fraction of sp³-hybridized carbons (Fsp3) is 0.650. The maximum atomic E-state index is 5.56. The Labute approximate surface area is 155 Å². The molecule has 0 heterocycles. The minimum Gasteiger partial charge on any atom is -0.497 e. The van der Waals surface area contributed by atoms with Gasteiger partial charge in [0.2, 0.25) is 0 Å². The van der Waals surface area contributed by atoms with E-state index >= 15 is 0 Å². The third-order valence-electron chi connectivity index (χ3n) is 6.44. The van der Waals surface area contributed by atoms with E-state index in [1.54, 1.807) is 14.2 Å². The third kappa shape index (κ3) is 3.43. The normalized spacial score (nSPS) is 32.3. The molecule has 5 heteroatoms. The summed E-state index contributed by atoms with van der Waals surface area (Å²) in [7, 11) is 3.33. The monoisotopic (exact) mass is 360 g/mol. The van der Waals surface area contributed by atoms with E-state index in [9.17, 15) is 0 Å². The van der Waals surface area contributed by atoms with E-state index in [-0.39, 0.29) is 0 Å². The van der Waals surface area contributed by atoms with Crippen LogP contribution in [0.5, 0.6) is 11.5 Å². The van der Waals surface area contributed by atoms with E-state index in [4.69, 9.17) is 21.7 Å². The van der Waals surface area contributed by atoms with E-state index < -0.39 is 0 Å². The number of nitrogens with one attached hydrogen (secondary N) is 2. The summed E-state index contributed by atoms with van der Waals surface area (Å²) in [6.07, 6.45) is 8.58. The summed E-state index contributed by atoms with van der Waals surface area (Å²) >= 11 is 5.56. The van der Waals surface area contributed by atoms with Crippen LogP contribution >= 0.6 is 12.2 Å². The lowest BCUT2D eigenvalue weighted by Crippen LogP contribution is -2.51. The molecule has 2 N–H and O–H groups in total. The summed E-state index contributed by atoms with van der Waals surface area (Å²) in [4.78, 5) is 0. The van der Waals surface area contributed by atoms with Gasteiger partial charge in [-0.3, -0.25) is 0 Å². The molecule has 0 aliphatic heterocycles. The molecule has 5 rings (SSSR count). The summed E-state index contributed by atoms with van der Waals surface area (Å²) in [5, 5.41) is 7.45. The van der Waals surface area contributed by atoms with Crippen molar-refractivity contribution in [2.45, 2.75) is 38.5 Å². The molecule has 4 aliphatic rings. The van der Waals surface area contributed by atoms with Crippen LogP contribution in [0.4, 0.5) is 5.69 Å². The lowest BCUT2D eigenvalue weighted by molar-refractivity contribution is -0.0490. The molecule has 25 heavy (non-hydrogen) atoms. The minimum atomic E-state index is 0.471. The van der Waals surface area contributed by atoms with Crippen molar-refractivity contribution in [2.24, 2.45) is 23.2 Å². The predicted molar refractivity (Wildman–Crippen MR) is 104 cm³/mol. The quantitative estimate of drug-likeness (QED) is 0.770. The number of hydrogen-bond donors (Lipinski definition) is 2. The van der Waals surface area contributed by atoms with Crippen LogP contribution in [0.15, 0.2) is 18.2 Å². The smallest absolute Gasteiger partial charge is 0.170 e. The summed E-state index contributed by atoms with van der Waals surface area (Å²) in [5.74, 6) is 4.45. The standard InChI is InChI=1S/C20H28N2O2S/c1-23-16-3-4-18(24-2)17(8-16)22-19(25)21-12-20-9-13-5-14(10-20)7-15(6-13)11-20/h3-4,8,13-15H,5-7,9-12H2,1-2H3,(H2,21,22,25). The maximum Gasteiger partial charge on any atom is 0.170 e. The molecule has 0 unspecified atom stereocenters. The lowest BCUT2D eigenvalue weighted by Gasteiger charge is -2.57. The number of methoxy groups -OCH3 is 2. The lowest BCUT2D eigenvalue weighted by atomic mass is 9.49. The van der Waals surface area contributed by atoms with Crippen molar-refractivity contribution in [3.8, 4) is 11.5 Å². The molecule has 1 aromatic carbocycles. The first-order valence-corrected chi connectivity index (χ1v) is 9.77. The van der Waals surface area contributed by atoms with E-state index in [0.29, 0.717) is 10.5 Å². The Bertz CT molecular complexity index is 626. The Hall–Kier alpha value is -1.49. The van der Waals surface area contributed by atoms with Crippen LogP contribution in [-0.4, -0.2) is 25.9 Å². The first-order valence-electron chi connectivity index (χ1n) is 9.36. The highest BCUT2D eigenvalue weighted by atomic mass is 32.1. The van der Waals surface area contributed by atoms with Crippen LogP contribution in [0.2, 0.25) is 0 Å². The van der Waals surface area contributed by atoms with Gasteiger partial charge >= 0.3 is 0 Å². The van der Waals surface area contributed by atoms with Crippen molar-refractivity contribution in [3.05, 3.63) is 18.2 Å². The second-order valence-corrected chi connectivity index (χ2v) is 8.70. The zero-order valence-corrected chi connectivity index (χ0v) is 16.0. The number of rotatable bonds is 5. The van der Waals surface area contributed by atoms with Crippen LogP contribution < -0.4 is 20.1 Å². The summed E-state index contributed by atoms with van der Waals surface area (Å²) in [6, 6.07) is 5.69. The van der Waals surface area contributed by atoms with Gasteiger partial charge in [-0.2, -0.15) is 0 Å². The Kier molecular flexibility index (Phi) is 4.52. The topological polar surface area (TPSA) is 42.5 Å². The van der Waals surface area contributed by atoms with Crippen molar-refractivity contribution in [3.63, 3.8) is 0 Å². The highest BCUT2D eigenvalue weighted by molar-refractivity contribution is 7.80. The molecule has 4 fully saturated rings. The highest BCUT2D eigenvalue weighted by Crippen LogP contribution is 2.59. The van der Waals surface area contributed by atoms with E-state index in [1.807, 2.05) is 18.2 Å². The van der Waals surface area contributed by atoms with Crippen molar-refractivity contribution in [2.75, 3.05) is 26.1 Å². The van der Waals surface area contributed by atoms with Crippen molar-refractivity contribution in [1.82, 2.24) is 5.32 Å². The zero-order chi connectivity index (χ0) is 17.4. The van der Waals surface area contributed by atoms with Crippen molar-refractivity contribution < 1.29 is 9.47 Å². The van der Waals surface area contributed by atoms with Crippen molar-refractivity contribution in [1.29, 1.82) is 0 Å². The molecule has 0 radical (unpaired) electrons. The van der Waals surface area contributed by atoms with Gasteiger partial charge in [-0.1, -0.05) is 0 Å². The van der Waals surface area contributed by atoms with Crippen LogP contribution in [0, 0.1) is 23.2 Å². The molecule has 0 amide bonds. The number of thiocarbonyl (C=S) groups is 1.